The fraction of sp³-hybridized carbons (Fsp3) is 0.667. The van der Waals surface area contributed by atoms with E-state index in [0.717, 1.165) is 32.1 Å². The first kappa shape index (κ1) is 28.5. The number of nitrogens with zero attached hydrogens (tertiary/aromatic N) is 1. The first-order valence-corrected chi connectivity index (χ1v) is 12.9. The molecular weight excluding hydrogens is 446 g/mol. The molecule has 0 aliphatic heterocycles. The highest BCUT2D eigenvalue weighted by Gasteiger charge is 2.38. The zero-order chi connectivity index (χ0) is 26.2. The second-order valence-electron chi connectivity index (χ2n) is 10.4. The fourth-order valence-corrected chi connectivity index (χ4v) is 4.46. The molecule has 1 fully saturated rings. The summed E-state index contributed by atoms with van der Waals surface area (Å²) in [5.41, 5.74) is -0.355. The van der Waals surface area contributed by atoms with Crippen LogP contribution in [0.2, 0.25) is 0 Å². The van der Waals surface area contributed by atoms with Gasteiger partial charge in [-0.3, -0.25) is 9.59 Å². The molecule has 35 heavy (non-hydrogen) atoms. The summed E-state index contributed by atoms with van der Waals surface area (Å²) in [5.74, 6) is -0.966. The number of benzene rings is 1. The van der Waals surface area contributed by atoms with Crippen molar-refractivity contribution in [2.45, 2.75) is 104 Å². The Morgan fingerprint density at radius 1 is 1.11 bits per heavy atom. The maximum Gasteiger partial charge on any atom is 0.408 e. The molecule has 3 atom stereocenters. The second kappa shape index (κ2) is 12.8. The highest BCUT2D eigenvalue weighted by molar-refractivity contribution is 5.92. The number of carbonyl (C=O) groups is 3. The predicted octanol–water partition coefficient (Wildman–Crippen LogP) is 4.67. The highest BCUT2D eigenvalue weighted by atomic mass is 16.6. The Balaban J connectivity index is 2.40. The van der Waals surface area contributed by atoms with Crippen LogP contribution < -0.4 is 10.6 Å². The molecule has 1 aliphatic carbocycles. The molecule has 1 aromatic carbocycles. The summed E-state index contributed by atoms with van der Waals surface area (Å²) in [4.78, 5) is 41.5. The van der Waals surface area contributed by atoms with Gasteiger partial charge in [0.05, 0.1) is 0 Å². The molecule has 0 spiro atoms. The Kier molecular flexibility index (Phi) is 10.4. The van der Waals surface area contributed by atoms with E-state index in [4.69, 9.17) is 4.74 Å². The molecule has 3 N–H and O–H groups in total. The third-order valence-corrected chi connectivity index (χ3v) is 6.52. The lowest BCUT2D eigenvalue weighted by atomic mass is 9.93. The quantitative estimate of drug-likeness (QED) is 0.467. The molecular formula is C27H43N3O5. The number of amides is 3. The summed E-state index contributed by atoms with van der Waals surface area (Å²) >= 11 is 0. The van der Waals surface area contributed by atoms with Crippen LogP contribution in [0.4, 0.5) is 4.79 Å². The Bertz CT molecular complexity index is 861. The number of alkyl carbamates (subject to hydrolysis) is 1. The van der Waals surface area contributed by atoms with E-state index in [9.17, 15) is 19.5 Å². The molecule has 0 aromatic heterocycles. The average molecular weight is 490 g/mol. The van der Waals surface area contributed by atoms with E-state index in [1.807, 2.05) is 13.8 Å². The van der Waals surface area contributed by atoms with Gasteiger partial charge in [0.15, 0.2) is 0 Å². The van der Waals surface area contributed by atoms with Crippen molar-refractivity contribution in [3.05, 3.63) is 29.8 Å². The first-order valence-electron chi connectivity index (χ1n) is 12.9. The van der Waals surface area contributed by atoms with E-state index in [1.54, 1.807) is 45.9 Å². The van der Waals surface area contributed by atoms with Crippen molar-refractivity contribution in [2.24, 2.45) is 5.92 Å². The number of nitrogens with one attached hydrogen (secondary N) is 2. The minimum atomic E-state index is -1.03. The minimum absolute atomic E-state index is 0.0451. The van der Waals surface area contributed by atoms with Crippen LogP contribution in [0.15, 0.2) is 24.3 Å². The Labute approximate surface area is 209 Å². The molecule has 1 aromatic rings. The van der Waals surface area contributed by atoms with Gasteiger partial charge in [-0.1, -0.05) is 57.7 Å². The molecule has 8 nitrogen and oxygen atoms in total. The Morgan fingerprint density at radius 3 is 2.29 bits per heavy atom. The number of carbonyl (C=O) groups excluding carboxylic acids is 3. The number of hydrogen-bond acceptors (Lipinski definition) is 5. The van der Waals surface area contributed by atoms with Crippen LogP contribution in [-0.4, -0.2) is 52.1 Å². The molecule has 2 rings (SSSR count). The number of rotatable bonds is 9. The van der Waals surface area contributed by atoms with E-state index in [0.29, 0.717) is 12.0 Å². The Morgan fingerprint density at radius 2 is 1.74 bits per heavy atom. The number of likely N-dealkylation sites (N-methyl/N-ethyl adjacent to an activating group) is 1. The van der Waals surface area contributed by atoms with E-state index in [1.165, 1.54) is 11.0 Å². The summed E-state index contributed by atoms with van der Waals surface area (Å²) in [5, 5.41) is 16.5. The summed E-state index contributed by atoms with van der Waals surface area (Å²) < 4.78 is 5.40. The van der Waals surface area contributed by atoms with Crippen molar-refractivity contribution in [2.75, 3.05) is 6.54 Å². The van der Waals surface area contributed by atoms with Crippen LogP contribution in [0.1, 0.15) is 91.7 Å². The van der Waals surface area contributed by atoms with Crippen molar-refractivity contribution in [3.63, 3.8) is 0 Å². The molecule has 3 unspecified atom stereocenters. The van der Waals surface area contributed by atoms with Crippen LogP contribution >= 0.6 is 0 Å². The summed E-state index contributed by atoms with van der Waals surface area (Å²) in [6.45, 7) is 11.1. The second-order valence-corrected chi connectivity index (χ2v) is 10.4. The van der Waals surface area contributed by atoms with E-state index in [2.05, 4.69) is 10.6 Å². The van der Waals surface area contributed by atoms with Crippen molar-refractivity contribution in [1.29, 1.82) is 0 Å². The van der Waals surface area contributed by atoms with Gasteiger partial charge in [0.2, 0.25) is 11.8 Å². The molecule has 0 saturated heterocycles. The number of hydrogen-bond donors (Lipinski definition) is 3. The number of phenols is 1. The minimum Gasteiger partial charge on any atom is -0.508 e. The molecule has 1 saturated carbocycles. The number of aromatic hydroxyl groups is 1. The summed E-state index contributed by atoms with van der Waals surface area (Å²) in [7, 11) is 0. The zero-order valence-corrected chi connectivity index (χ0v) is 22.1. The van der Waals surface area contributed by atoms with Gasteiger partial charge in [0.25, 0.3) is 0 Å². The largest absolute Gasteiger partial charge is 0.508 e. The third kappa shape index (κ3) is 8.15. The van der Waals surface area contributed by atoms with Crippen LogP contribution in [0, 0.1) is 5.92 Å². The van der Waals surface area contributed by atoms with Crippen molar-refractivity contribution < 1.29 is 24.2 Å². The third-order valence-electron chi connectivity index (χ3n) is 6.52. The molecule has 0 radical (unpaired) electrons. The van der Waals surface area contributed by atoms with Crippen LogP contribution in [-0.2, 0) is 14.3 Å². The van der Waals surface area contributed by atoms with Gasteiger partial charge in [-0.25, -0.2) is 4.79 Å². The first-order chi connectivity index (χ1) is 16.5. The summed E-state index contributed by atoms with van der Waals surface area (Å²) in [6.07, 6.45) is 5.01. The van der Waals surface area contributed by atoms with Gasteiger partial charge in [0, 0.05) is 18.2 Å². The maximum atomic E-state index is 13.9. The van der Waals surface area contributed by atoms with Crippen molar-refractivity contribution in [1.82, 2.24) is 15.5 Å². The van der Waals surface area contributed by atoms with Gasteiger partial charge in [-0.2, -0.15) is 0 Å². The Hall–Kier alpha value is -2.77. The molecule has 0 heterocycles. The molecule has 3 amide bonds. The topological polar surface area (TPSA) is 108 Å². The monoisotopic (exact) mass is 489 g/mol. The van der Waals surface area contributed by atoms with Gasteiger partial charge in [-0.15, -0.1) is 0 Å². The number of para-hydroxylation sites is 1. The lowest BCUT2D eigenvalue weighted by Gasteiger charge is -2.36. The van der Waals surface area contributed by atoms with Crippen LogP contribution in [0.5, 0.6) is 5.75 Å². The number of phenolic OH excluding ortho intramolecular Hbond substituents is 1. The molecule has 0 bridgehead atoms. The van der Waals surface area contributed by atoms with Gasteiger partial charge in [0.1, 0.15) is 23.4 Å². The van der Waals surface area contributed by atoms with E-state index >= 15 is 0 Å². The van der Waals surface area contributed by atoms with Crippen LogP contribution in [0.3, 0.4) is 0 Å². The highest BCUT2D eigenvalue weighted by Crippen LogP contribution is 2.31. The van der Waals surface area contributed by atoms with Crippen molar-refractivity contribution >= 4 is 17.9 Å². The normalized spacial score (nSPS) is 17.1. The smallest absolute Gasteiger partial charge is 0.408 e. The molecule has 1 aliphatic rings. The fourth-order valence-electron chi connectivity index (χ4n) is 4.46. The van der Waals surface area contributed by atoms with Gasteiger partial charge in [-0.05, 0) is 52.5 Å². The van der Waals surface area contributed by atoms with Crippen LogP contribution in [0.25, 0.3) is 0 Å². The van der Waals surface area contributed by atoms with Crippen molar-refractivity contribution in [3.8, 4) is 5.75 Å². The molecule has 196 valence electrons. The molecule has 8 heteroatoms. The lowest BCUT2D eigenvalue weighted by molar-refractivity contribution is -0.143. The predicted molar refractivity (Wildman–Crippen MR) is 136 cm³/mol. The van der Waals surface area contributed by atoms with Gasteiger partial charge < -0.3 is 25.4 Å². The summed E-state index contributed by atoms with van der Waals surface area (Å²) in [6, 6.07) is 4.73. The average Bonchev–Trinajstić information content (AvgIpc) is 2.80. The van der Waals surface area contributed by atoms with E-state index in [-0.39, 0.29) is 36.1 Å². The van der Waals surface area contributed by atoms with Gasteiger partial charge >= 0.3 is 6.09 Å². The number of ether oxygens (including phenoxy) is 1. The standard InChI is InChI=1S/C27H43N3O5/c1-7-18(3)22(29-26(34)35-27(4,5)6)25(33)30(8-2)23(20-16-12-13-17-21(20)31)24(32)28-19-14-10-9-11-15-19/h12-13,16-19,22-23,31H,7-11,14-15H2,1-6H3,(H,28,32)(H,29,34). The SMILES string of the molecule is CCC(C)C(NC(=O)OC(C)(C)C)C(=O)N(CC)C(C(=O)NC1CCCCC1)c1ccccc1O. The van der Waals surface area contributed by atoms with E-state index < -0.39 is 23.8 Å². The zero-order valence-electron chi connectivity index (χ0n) is 22.1. The maximum absolute atomic E-state index is 13.9. The lowest BCUT2D eigenvalue weighted by Crippen LogP contribution is -2.55.